The molecule has 32 heavy (non-hydrogen) atoms. The molecule has 1 aromatic carbocycles. The van der Waals surface area contributed by atoms with E-state index in [0.29, 0.717) is 24.4 Å². The maximum Gasteiger partial charge on any atom is 0.323 e. The fourth-order valence-electron chi connectivity index (χ4n) is 3.73. The number of para-hydroxylation sites is 2. The zero-order valence-electron chi connectivity index (χ0n) is 18.8. The third-order valence-corrected chi connectivity index (χ3v) is 5.34. The summed E-state index contributed by atoms with van der Waals surface area (Å²) in [7, 11) is 0. The van der Waals surface area contributed by atoms with Gasteiger partial charge < -0.3 is 20.3 Å². The molecule has 0 spiro atoms. The summed E-state index contributed by atoms with van der Waals surface area (Å²) in [6.07, 6.45) is 6.57. The first kappa shape index (κ1) is 25.6. The topological polar surface area (TPSA) is 131 Å². The van der Waals surface area contributed by atoms with Gasteiger partial charge >= 0.3 is 11.9 Å². The highest BCUT2D eigenvalue weighted by atomic mass is 16.5. The molecule has 0 saturated heterocycles. The van der Waals surface area contributed by atoms with Gasteiger partial charge in [-0.25, -0.2) is 0 Å². The van der Waals surface area contributed by atoms with Crippen LogP contribution in [0.15, 0.2) is 24.3 Å². The maximum atomic E-state index is 13.2. The largest absolute Gasteiger partial charge is 0.489 e. The molecule has 0 fully saturated rings. The molecule has 0 bridgehead atoms. The Morgan fingerprint density at radius 1 is 1.22 bits per heavy atom. The van der Waals surface area contributed by atoms with E-state index in [0.717, 1.165) is 38.5 Å². The van der Waals surface area contributed by atoms with Crippen molar-refractivity contribution in [1.82, 2.24) is 5.32 Å². The molecule has 1 aromatic rings. The maximum absolute atomic E-state index is 13.2. The summed E-state index contributed by atoms with van der Waals surface area (Å²) >= 11 is 0. The molecule has 2 atom stereocenters. The Labute approximate surface area is 189 Å². The molecular weight excluding hydrogens is 414 g/mol. The molecule has 178 valence electrons. The van der Waals surface area contributed by atoms with Crippen molar-refractivity contribution >= 4 is 23.5 Å². The average Bonchev–Trinajstić information content (AvgIpc) is 2.89. The Morgan fingerprint density at radius 3 is 2.59 bits per heavy atom. The fraction of sp³-hybridized carbons (Fsp3) is 0.609. The molecule has 9 nitrogen and oxygen atoms in total. The predicted octanol–water partition coefficient (Wildman–Crippen LogP) is 2.08. The highest BCUT2D eigenvalue weighted by Crippen LogP contribution is 2.31. The van der Waals surface area contributed by atoms with Crippen molar-refractivity contribution < 1.29 is 29.0 Å². The van der Waals surface area contributed by atoms with Crippen LogP contribution in [-0.2, 0) is 19.1 Å². The predicted molar refractivity (Wildman–Crippen MR) is 121 cm³/mol. The molecular formula is C23H35N3O6. The molecule has 1 heterocycles. The third kappa shape index (κ3) is 7.80. The lowest BCUT2D eigenvalue weighted by Crippen LogP contribution is -2.54. The van der Waals surface area contributed by atoms with Crippen LogP contribution in [0.3, 0.4) is 0 Å². The number of nitrogens with one attached hydrogen (secondary N) is 1. The van der Waals surface area contributed by atoms with Crippen LogP contribution < -0.4 is 20.7 Å². The third-order valence-electron chi connectivity index (χ3n) is 5.34. The first-order chi connectivity index (χ1) is 15.5. The molecule has 9 heteroatoms. The van der Waals surface area contributed by atoms with E-state index >= 15 is 0 Å². The minimum Gasteiger partial charge on any atom is -0.489 e. The number of unbranched alkanes of at least 4 members (excludes halogenated alkanes) is 5. The molecule has 1 amide bonds. The van der Waals surface area contributed by atoms with E-state index in [2.05, 4.69) is 5.32 Å². The lowest BCUT2D eigenvalue weighted by atomic mass is 10.0. The molecule has 0 aliphatic carbocycles. The van der Waals surface area contributed by atoms with Crippen LogP contribution in [-0.4, -0.2) is 61.3 Å². The summed E-state index contributed by atoms with van der Waals surface area (Å²) in [5.74, 6) is -1.58. The van der Waals surface area contributed by atoms with Gasteiger partial charge in [0.05, 0.1) is 12.3 Å². The minimum atomic E-state index is -1.13. The summed E-state index contributed by atoms with van der Waals surface area (Å²) in [6, 6.07) is 5.25. The Kier molecular flexibility index (Phi) is 11.0. The van der Waals surface area contributed by atoms with Gasteiger partial charge in [0.15, 0.2) is 0 Å². The lowest BCUT2D eigenvalue weighted by Gasteiger charge is -2.26. The van der Waals surface area contributed by atoms with Gasteiger partial charge in [0, 0.05) is 0 Å². The number of hydrogen-bond donors (Lipinski definition) is 3. The number of rotatable bonds is 14. The van der Waals surface area contributed by atoms with Gasteiger partial charge in [-0.15, -0.1) is 0 Å². The van der Waals surface area contributed by atoms with Crippen molar-refractivity contribution in [3.8, 4) is 5.75 Å². The number of anilines is 1. The number of amides is 1. The Hall–Kier alpha value is -2.65. The Bertz CT molecular complexity index is 757. The van der Waals surface area contributed by atoms with Crippen LogP contribution in [0.25, 0.3) is 0 Å². The van der Waals surface area contributed by atoms with Gasteiger partial charge in [0.25, 0.3) is 0 Å². The van der Waals surface area contributed by atoms with E-state index in [4.69, 9.17) is 15.2 Å². The first-order valence-corrected chi connectivity index (χ1v) is 11.4. The molecule has 1 aliphatic heterocycles. The normalized spacial score (nSPS) is 16.6. The van der Waals surface area contributed by atoms with E-state index in [1.807, 2.05) is 0 Å². The van der Waals surface area contributed by atoms with Gasteiger partial charge in [-0.1, -0.05) is 44.2 Å². The van der Waals surface area contributed by atoms with Gasteiger partial charge in [-0.2, -0.15) is 0 Å². The van der Waals surface area contributed by atoms with E-state index in [1.54, 1.807) is 31.2 Å². The average molecular weight is 450 g/mol. The van der Waals surface area contributed by atoms with Crippen LogP contribution >= 0.6 is 0 Å². The Balaban J connectivity index is 2.06. The summed E-state index contributed by atoms with van der Waals surface area (Å²) < 4.78 is 11.0. The highest BCUT2D eigenvalue weighted by molar-refractivity contribution is 6.02. The van der Waals surface area contributed by atoms with Crippen molar-refractivity contribution in [1.29, 1.82) is 0 Å². The number of carbonyl (C=O) groups is 3. The minimum absolute atomic E-state index is 0.0129. The van der Waals surface area contributed by atoms with E-state index in [1.165, 1.54) is 4.90 Å². The number of hydrogen-bond acceptors (Lipinski definition) is 7. The Morgan fingerprint density at radius 2 is 1.91 bits per heavy atom. The number of carboxylic acids is 1. The van der Waals surface area contributed by atoms with Crippen molar-refractivity contribution in [3.63, 3.8) is 0 Å². The number of ether oxygens (including phenoxy) is 2. The summed E-state index contributed by atoms with van der Waals surface area (Å²) in [4.78, 5) is 38.3. The number of esters is 1. The molecule has 0 radical (unpaired) electrons. The second-order valence-electron chi connectivity index (χ2n) is 7.82. The van der Waals surface area contributed by atoms with Crippen LogP contribution in [0, 0.1) is 0 Å². The van der Waals surface area contributed by atoms with Crippen LogP contribution in [0.5, 0.6) is 5.75 Å². The van der Waals surface area contributed by atoms with Crippen molar-refractivity contribution in [2.24, 2.45) is 5.73 Å². The lowest BCUT2D eigenvalue weighted by molar-refractivity contribution is -0.146. The van der Waals surface area contributed by atoms with Crippen molar-refractivity contribution in [2.45, 2.75) is 64.0 Å². The quantitative estimate of drug-likeness (QED) is 0.291. The molecule has 1 unspecified atom stereocenters. The molecule has 0 aromatic heterocycles. The number of benzene rings is 1. The summed E-state index contributed by atoms with van der Waals surface area (Å²) in [5, 5.41) is 12.4. The fourth-order valence-corrected chi connectivity index (χ4v) is 3.73. The zero-order valence-corrected chi connectivity index (χ0v) is 18.8. The van der Waals surface area contributed by atoms with Crippen molar-refractivity contribution in [2.75, 3.05) is 31.2 Å². The van der Waals surface area contributed by atoms with Crippen LogP contribution in [0.1, 0.15) is 51.9 Å². The second kappa shape index (κ2) is 13.7. The first-order valence-electron chi connectivity index (χ1n) is 11.4. The van der Waals surface area contributed by atoms with Crippen molar-refractivity contribution in [3.05, 3.63) is 24.3 Å². The summed E-state index contributed by atoms with van der Waals surface area (Å²) in [6.45, 7) is 2.17. The van der Waals surface area contributed by atoms with Gasteiger partial charge in [-0.05, 0) is 38.4 Å². The number of carboxylic acid groups (broad SMARTS) is 1. The number of nitrogens with zero attached hydrogens (tertiary/aromatic N) is 1. The highest BCUT2D eigenvalue weighted by Gasteiger charge is 2.35. The molecule has 2 rings (SSSR count). The van der Waals surface area contributed by atoms with E-state index < -0.39 is 36.5 Å². The molecule has 0 saturated carbocycles. The number of aliphatic carboxylic acids is 1. The SMILES string of the molecule is CCOC(=O)C(CCCCCCCCN)N[C@H]1COc2ccccc2N(CC(=O)O)C1=O. The number of nitrogens with two attached hydrogens (primary N) is 1. The van der Waals surface area contributed by atoms with E-state index in [-0.39, 0.29) is 13.2 Å². The molecule has 1 aliphatic rings. The van der Waals surface area contributed by atoms with Crippen LogP contribution in [0.2, 0.25) is 0 Å². The smallest absolute Gasteiger partial charge is 0.323 e. The number of fused-ring (bicyclic) bond motifs is 1. The summed E-state index contributed by atoms with van der Waals surface area (Å²) in [5.41, 5.74) is 5.91. The van der Waals surface area contributed by atoms with Gasteiger partial charge in [0.2, 0.25) is 5.91 Å². The van der Waals surface area contributed by atoms with E-state index in [9.17, 15) is 19.5 Å². The van der Waals surface area contributed by atoms with Gasteiger partial charge in [-0.3, -0.25) is 24.6 Å². The zero-order chi connectivity index (χ0) is 23.3. The number of carbonyl (C=O) groups excluding carboxylic acids is 2. The monoisotopic (exact) mass is 449 g/mol. The standard InChI is InChI=1S/C23H35N3O6/c1-2-31-23(30)17(11-7-5-3-4-6-10-14-24)25-18-16-32-20-13-9-8-12-19(20)26(22(18)29)15-21(27)28/h8-9,12-13,17-18,25H,2-7,10-11,14-16,24H2,1H3,(H,27,28)/t17?,18-/m0/s1. The van der Waals surface area contributed by atoms with Gasteiger partial charge in [0.1, 0.15) is 31.0 Å². The second-order valence-corrected chi connectivity index (χ2v) is 7.82. The molecule has 4 N–H and O–H groups in total. The van der Waals surface area contributed by atoms with Crippen LogP contribution in [0.4, 0.5) is 5.69 Å².